The number of benzene rings is 1. The van der Waals surface area contributed by atoms with E-state index >= 15 is 0 Å². The van der Waals surface area contributed by atoms with E-state index in [-0.39, 0.29) is 16.5 Å². The van der Waals surface area contributed by atoms with Gasteiger partial charge in [-0.25, -0.2) is 9.78 Å². The van der Waals surface area contributed by atoms with Crippen molar-refractivity contribution >= 4 is 34.3 Å². The number of carbonyl (C=O) groups excluding carboxylic acids is 2. The van der Waals surface area contributed by atoms with Gasteiger partial charge in [-0.2, -0.15) is 0 Å². The number of rotatable bonds is 6. The van der Waals surface area contributed by atoms with Gasteiger partial charge in [-0.05, 0) is 94.1 Å². The number of ether oxygens (including phenoxy) is 1. The Morgan fingerprint density at radius 3 is 2.52 bits per heavy atom. The van der Waals surface area contributed by atoms with E-state index in [1.807, 2.05) is 26.1 Å². The third-order valence-electron chi connectivity index (χ3n) is 7.89. The van der Waals surface area contributed by atoms with Crippen LogP contribution < -0.4 is 5.32 Å². The van der Waals surface area contributed by atoms with E-state index in [1.165, 1.54) is 6.07 Å². The number of aromatic nitrogens is 3. The van der Waals surface area contributed by atoms with Gasteiger partial charge in [-0.15, -0.1) is 0 Å². The molecule has 5 rings (SSSR count). The van der Waals surface area contributed by atoms with Crippen LogP contribution in [0.25, 0.3) is 27.9 Å². The Hall–Kier alpha value is -4.50. The zero-order valence-corrected chi connectivity index (χ0v) is 25.9. The maximum Gasteiger partial charge on any atom is 0.412 e. The normalized spacial score (nSPS) is 17.3. The second kappa shape index (κ2) is 12.2. The molecule has 9 heteroatoms. The van der Waals surface area contributed by atoms with Crippen LogP contribution in [0.3, 0.4) is 0 Å². The summed E-state index contributed by atoms with van der Waals surface area (Å²) >= 11 is 0. The SMILES string of the molecule is [2H]C([2H])([2H])N(C(=O)c1ccc(C2=CCN(C(C)c3cc4c(-c5ccc(NC(=O)OC(C)(C)C)cn5)ccnc4n3C)CC2)c(C)c1)C([2H])([2H])[2H]. The maximum atomic E-state index is 13.0. The van der Waals surface area contributed by atoms with Crippen LogP contribution >= 0.6 is 0 Å². The van der Waals surface area contributed by atoms with E-state index in [9.17, 15) is 9.59 Å². The maximum absolute atomic E-state index is 13.0. The lowest BCUT2D eigenvalue weighted by Crippen LogP contribution is -2.32. The molecule has 9 nitrogen and oxygen atoms in total. The number of aryl methyl sites for hydroxylation is 2. The molecule has 1 unspecified atom stereocenters. The van der Waals surface area contributed by atoms with Crippen molar-refractivity contribution in [2.75, 3.05) is 32.4 Å². The van der Waals surface area contributed by atoms with Gasteiger partial charge in [0.1, 0.15) is 11.2 Å². The van der Waals surface area contributed by atoms with Crippen molar-refractivity contribution in [3.8, 4) is 11.3 Å². The number of fused-ring (bicyclic) bond motifs is 1. The molecule has 1 aliphatic rings. The monoisotopic (exact) mass is 600 g/mol. The van der Waals surface area contributed by atoms with Crippen LogP contribution in [0.1, 0.15) is 75.6 Å². The minimum Gasteiger partial charge on any atom is -0.444 e. The van der Waals surface area contributed by atoms with E-state index < -0.39 is 31.6 Å². The molecule has 3 aromatic heterocycles. The average molecular weight is 601 g/mol. The summed E-state index contributed by atoms with van der Waals surface area (Å²) in [6, 6.07) is 12.6. The first kappa shape index (κ1) is 23.9. The van der Waals surface area contributed by atoms with Crippen LogP contribution in [0.4, 0.5) is 10.5 Å². The van der Waals surface area contributed by atoms with Gasteiger partial charge in [0.25, 0.3) is 5.91 Å². The van der Waals surface area contributed by atoms with E-state index in [2.05, 4.69) is 43.8 Å². The molecule has 2 amide bonds. The van der Waals surface area contributed by atoms with Crippen LogP contribution in [0, 0.1) is 6.92 Å². The Bertz CT molecular complexity index is 1930. The van der Waals surface area contributed by atoms with E-state index in [4.69, 9.17) is 13.0 Å². The summed E-state index contributed by atoms with van der Waals surface area (Å²) in [5.74, 6) is -1.06. The molecule has 1 aromatic carbocycles. The second-order valence-corrected chi connectivity index (χ2v) is 12.1. The number of amides is 2. The standard InChI is InChI=1S/C35H42N6O3/c1-22-19-25(33(42)39(6)7)9-11-27(22)24-14-17-41(18-15-24)23(2)31-20-29-28(13-16-36-32(29)40(31)8)30-12-10-26(21-37-30)38-34(43)44-35(3,4)5/h9-14,16,19-21,23H,15,17-18H2,1-8H3,(H,38,43)/i6D3,7D3. The average Bonchev–Trinajstić information content (AvgIpc) is 3.35. The highest BCUT2D eigenvalue weighted by Crippen LogP contribution is 2.34. The van der Waals surface area contributed by atoms with Crippen LogP contribution in [0.2, 0.25) is 0 Å². The fourth-order valence-electron chi connectivity index (χ4n) is 5.67. The molecule has 4 heterocycles. The van der Waals surface area contributed by atoms with Crippen molar-refractivity contribution in [3.63, 3.8) is 0 Å². The second-order valence-electron chi connectivity index (χ2n) is 12.1. The molecule has 1 aliphatic heterocycles. The Morgan fingerprint density at radius 1 is 1.09 bits per heavy atom. The molecule has 0 radical (unpaired) electrons. The molecule has 1 atom stereocenters. The summed E-state index contributed by atoms with van der Waals surface area (Å²) in [7, 11) is 2.00. The third-order valence-corrected chi connectivity index (χ3v) is 7.89. The first-order valence-corrected chi connectivity index (χ1v) is 14.5. The van der Waals surface area contributed by atoms with Gasteiger partial charge in [0.2, 0.25) is 0 Å². The van der Waals surface area contributed by atoms with Crippen molar-refractivity contribution in [2.24, 2.45) is 7.05 Å². The highest BCUT2D eigenvalue weighted by molar-refractivity contribution is 5.95. The van der Waals surface area contributed by atoms with Gasteiger partial charge in [0.05, 0.1) is 17.6 Å². The molecule has 0 bridgehead atoms. The zero-order valence-electron chi connectivity index (χ0n) is 31.9. The lowest BCUT2D eigenvalue weighted by atomic mass is 9.93. The summed E-state index contributed by atoms with van der Waals surface area (Å²) in [6.07, 6.45) is 5.73. The van der Waals surface area contributed by atoms with Crippen molar-refractivity contribution in [1.82, 2.24) is 24.3 Å². The lowest BCUT2D eigenvalue weighted by molar-refractivity contribution is 0.0635. The fourth-order valence-corrected chi connectivity index (χ4v) is 5.67. The Kier molecular flexibility index (Phi) is 6.65. The van der Waals surface area contributed by atoms with E-state index in [0.29, 0.717) is 12.2 Å². The smallest absolute Gasteiger partial charge is 0.412 e. The van der Waals surface area contributed by atoms with Crippen molar-refractivity contribution < 1.29 is 22.6 Å². The van der Waals surface area contributed by atoms with Gasteiger partial charge in [-0.3, -0.25) is 20.0 Å². The predicted octanol–water partition coefficient (Wildman–Crippen LogP) is 6.84. The molecule has 0 spiro atoms. The first-order chi connectivity index (χ1) is 23.2. The summed E-state index contributed by atoms with van der Waals surface area (Å²) in [5.41, 5.74) is 6.31. The van der Waals surface area contributed by atoms with Gasteiger partial charge < -0.3 is 14.2 Å². The number of nitrogens with one attached hydrogen (secondary N) is 1. The van der Waals surface area contributed by atoms with Gasteiger partial charge in [0.15, 0.2) is 0 Å². The summed E-state index contributed by atoms with van der Waals surface area (Å²) in [5, 5.41) is 3.68. The predicted molar refractivity (Wildman–Crippen MR) is 176 cm³/mol. The van der Waals surface area contributed by atoms with Crippen LogP contribution in [0.5, 0.6) is 0 Å². The Labute approximate surface area is 268 Å². The number of pyridine rings is 2. The molecular formula is C35H42N6O3. The van der Waals surface area contributed by atoms with Gasteiger partial charge >= 0.3 is 6.09 Å². The molecule has 0 fully saturated rings. The minimum atomic E-state index is -3.10. The van der Waals surface area contributed by atoms with Crippen molar-refractivity contribution in [2.45, 2.75) is 52.7 Å². The summed E-state index contributed by atoms with van der Waals surface area (Å²) in [4.78, 5) is 36.8. The molecular weight excluding hydrogens is 552 g/mol. The third kappa shape index (κ3) is 6.53. The zero-order chi connectivity index (χ0) is 36.8. The summed E-state index contributed by atoms with van der Waals surface area (Å²) in [6.45, 7) is 4.65. The van der Waals surface area contributed by atoms with Gasteiger partial charge in [0, 0.05) is 76.8 Å². The van der Waals surface area contributed by atoms with E-state index in [1.54, 1.807) is 51.4 Å². The highest BCUT2D eigenvalue weighted by atomic mass is 16.6. The van der Waals surface area contributed by atoms with Crippen molar-refractivity contribution in [1.29, 1.82) is 0 Å². The molecule has 0 saturated carbocycles. The number of anilines is 1. The van der Waals surface area contributed by atoms with Crippen LogP contribution in [-0.2, 0) is 11.8 Å². The minimum absolute atomic E-state index is 0.0116. The Balaban J connectivity index is 1.32. The quantitative estimate of drug-likeness (QED) is 0.260. The highest BCUT2D eigenvalue weighted by Gasteiger charge is 2.24. The lowest BCUT2D eigenvalue weighted by Gasteiger charge is -2.32. The van der Waals surface area contributed by atoms with Gasteiger partial charge in [-0.1, -0.05) is 12.1 Å². The molecule has 44 heavy (non-hydrogen) atoms. The Morgan fingerprint density at radius 2 is 1.89 bits per heavy atom. The largest absolute Gasteiger partial charge is 0.444 e. The first-order valence-electron chi connectivity index (χ1n) is 17.5. The number of carbonyl (C=O) groups is 2. The molecule has 0 aliphatic carbocycles. The van der Waals surface area contributed by atoms with E-state index in [0.717, 1.165) is 57.7 Å². The number of hydrogen-bond donors (Lipinski definition) is 1. The fraction of sp³-hybridized carbons (Fsp3) is 0.371. The molecule has 230 valence electrons. The molecule has 0 saturated heterocycles. The van der Waals surface area contributed by atoms with Crippen LogP contribution in [-0.4, -0.2) is 69.0 Å². The van der Waals surface area contributed by atoms with Crippen LogP contribution in [0.15, 0.2) is 60.9 Å². The number of hydrogen-bond acceptors (Lipinski definition) is 6. The topological polar surface area (TPSA) is 92.6 Å². The molecule has 4 aromatic rings. The summed E-state index contributed by atoms with van der Waals surface area (Å²) < 4.78 is 52.9. The van der Waals surface area contributed by atoms with Crippen molar-refractivity contribution in [3.05, 3.63) is 83.3 Å². The molecule has 1 N–H and O–H groups in total. The number of nitrogens with zero attached hydrogens (tertiary/aromatic N) is 5.